The van der Waals surface area contributed by atoms with E-state index in [-0.39, 0.29) is 17.6 Å². The number of aromatic nitrogens is 3. The number of carboxylic acid groups (broad SMARTS) is 1. The number of anilines is 1. The molecule has 7 nitrogen and oxygen atoms in total. The Morgan fingerprint density at radius 3 is 2.70 bits per heavy atom. The second kappa shape index (κ2) is 7.26. The molecule has 0 atom stereocenters. The number of pyridine rings is 1. The molecule has 1 aromatic carbocycles. The van der Waals surface area contributed by atoms with Crippen LogP contribution in [0.4, 0.5) is 5.69 Å². The Morgan fingerprint density at radius 2 is 1.96 bits per heavy atom. The van der Waals surface area contributed by atoms with Crippen molar-refractivity contribution in [1.29, 1.82) is 0 Å². The average molecular weight is 366 g/mol. The Hall–Kier alpha value is -3.09. The molecule has 2 aromatic heterocycles. The molecular weight excluding hydrogens is 344 g/mol. The van der Waals surface area contributed by atoms with Crippen molar-refractivity contribution in [1.82, 2.24) is 14.2 Å². The van der Waals surface area contributed by atoms with Crippen molar-refractivity contribution in [3.8, 4) is 0 Å². The van der Waals surface area contributed by atoms with Crippen LogP contribution in [0.2, 0.25) is 0 Å². The fourth-order valence-corrected chi connectivity index (χ4v) is 3.72. The van der Waals surface area contributed by atoms with E-state index in [2.05, 4.69) is 10.4 Å². The highest BCUT2D eigenvalue weighted by Gasteiger charge is 2.25. The van der Waals surface area contributed by atoms with E-state index in [9.17, 15) is 9.59 Å². The minimum Gasteiger partial charge on any atom is -0.481 e. The van der Waals surface area contributed by atoms with Gasteiger partial charge < -0.3 is 10.4 Å². The summed E-state index contributed by atoms with van der Waals surface area (Å²) in [5.41, 5.74) is 2.45. The number of nitrogens with zero attached hydrogens (tertiary/aromatic N) is 3. The van der Waals surface area contributed by atoms with E-state index in [4.69, 9.17) is 5.11 Å². The third-order valence-electron chi connectivity index (χ3n) is 5.19. The second-order valence-corrected chi connectivity index (χ2v) is 7.10. The van der Waals surface area contributed by atoms with Gasteiger partial charge in [-0.3, -0.25) is 9.20 Å². The molecule has 1 aliphatic carbocycles. The first-order valence-electron chi connectivity index (χ1n) is 9.22. The summed E-state index contributed by atoms with van der Waals surface area (Å²) in [5, 5.41) is 17.0. The fraction of sp³-hybridized carbons (Fsp3) is 0.350. The van der Waals surface area contributed by atoms with E-state index in [1.165, 1.54) is 9.08 Å². The van der Waals surface area contributed by atoms with E-state index in [0.717, 1.165) is 24.1 Å². The number of carbonyl (C=O) groups is 1. The average Bonchev–Trinajstić information content (AvgIpc) is 2.98. The smallest absolute Gasteiger partial charge is 0.350 e. The summed E-state index contributed by atoms with van der Waals surface area (Å²) in [6.45, 7) is 0.405. The first kappa shape index (κ1) is 17.3. The lowest BCUT2D eigenvalue weighted by atomic mass is 9.86. The third kappa shape index (κ3) is 3.72. The molecule has 4 rings (SSSR count). The van der Waals surface area contributed by atoms with E-state index < -0.39 is 5.97 Å². The quantitative estimate of drug-likeness (QED) is 0.725. The molecule has 0 unspecified atom stereocenters. The topological polar surface area (TPSA) is 88.6 Å². The Labute approximate surface area is 156 Å². The number of fused-ring (bicyclic) bond motifs is 1. The molecule has 2 N–H and O–H groups in total. The highest BCUT2D eigenvalue weighted by Crippen LogP contribution is 2.27. The largest absolute Gasteiger partial charge is 0.481 e. The van der Waals surface area contributed by atoms with Gasteiger partial charge in [0, 0.05) is 17.9 Å². The Bertz CT molecular complexity index is 1020. The van der Waals surface area contributed by atoms with Crippen LogP contribution in [0, 0.1) is 5.92 Å². The van der Waals surface area contributed by atoms with Crippen LogP contribution in [0.3, 0.4) is 0 Å². The molecular formula is C20H22N4O3. The van der Waals surface area contributed by atoms with Crippen LogP contribution in [-0.2, 0) is 11.3 Å². The van der Waals surface area contributed by atoms with Crippen molar-refractivity contribution in [3.05, 3.63) is 64.7 Å². The molecule has 7 heteroatoms. The van der Waals surface area contributed by atoms with E-state index in [1.807, 2.05) is 42.5 Å². The highest BCUT2D eigenvalue weighted by atomic mass is 16.4. The zero-order valence-electron chi connectivity index (χ0n) is 14.9. The lowest BCUT2D eigenvalue weighted by molar-refractivity contribution is -0.142. The van der Waals surface area contributed by atoms with E-state index in [1.54, 1.807) is 6.20 Å². The zero-order valence-corrected chi connectivity index (χ0v) is 14.9. The van der Waals surface area contributed by atoms with Gasteiger partial charge in [0.05, 0.1) is 12.5 Å². The van der Waals surface area contributed by atoms with Crippen LogP contribution in [0.5, 0.6) is 0 Å². The van der Waals surface area contributed by atoms with Crippen molar-refractivity contribution >= 4 is 17.3 Å². The third-order valence-corrected chi connectivity index (χ3v) is 5.19. The number of rotatable bonds is 5. The van der Waals surface area contributed by atoms with Gasteiger partial charge in [0.1, 0.15) is 0 Å². The van der Waals surface area contributed by atoms with E-state index in [0.29, 0.717) is 25.0 Å². The van der Waals surface area contributed by atoms with Crippen molar-refractivity contribution in [2.75, 3.05) is 5.32 Å². The normalized spacial score (nSPS) is 19.9. The number of aliphatic carboxylic acids is 1. The van der Waals surface area contributed by atoms with Crippen molar-refractivity contribution in [3.63, 3.8) is 0 Å². The standard InChI is InChI=1S/C20H22N4O3/c25-19(26)15-7-9-16(10-8-15)21-17-5-3-4-14(12-17)13-24-20(27)23-11-2-1-6-18(23)22-24/h1-6,11-12,15-16,21H,7-10,13H2,(H,25,26). The molecule has 1 aliphatic rings. The molecule has 0 bridgehead atoms. The summed E-state index contributed by atoms with van der Waals surface area (Å²) in [7, 11) is 0. The maximum atomic E-state index is 12.4. The van der Waals surface area contributed by atoms with Crippen molar-refractivity contribution in [2.45, 2.75) is 38.3 Å². The predicted molar refractivity (Wildman–Crippen MR) is 102 cm³/mol. The number of hydrogen-bond acceptors (Lipinski definition) is 4. The Morgan fingerprint density at radius 1 is 1.15 bits per heavy atom. The summed E-state index contributed by atoms with van der Waals surface area (Å²) < 4.78 is 3.00. The molecule has 27 heavy (non-hydrogen) atoms. The monoisotopic (exact) mass is 366 g/mol. The molecule has 0 aliphatic heterocycles. The van der Waals surface area contributed by atoms with Crippen LogP contribution >= 0.6 is 0 Å². The summed E-state index contributed by atoms with van der Waals surface area (Å²) in [4.78, 5) is 23.5. The fourth-order valence-electron chi connectivity index (χ4n) is 3.72. The summed E-state index contributed by atoms with van der Waals surface area (Å²) >= 11 is 0. The summed E-state index contributed by atoms with van der Waals surface area (Å²) in [5.74, 6) is -0.898. The van der Waals surface area contributed by atoms with Gasteiger partial charge in [-0.15, -0.1) is 5.10 Å². The molecule has 140 valence electrons. The van der Waals surface area contributed by atoms with E-state index >= 15 is 0 Å². The van der Waals surface area contributed by atoms with Gasteiger partial charge in [0.25, 0.3) is 0 Å². The van der Waals surface area contributed by atoms with Crippen LogP contribution in [0.15, 0.2) is 53.5 Å². The van der Waals surface area contributed by atoms with Gasteiger partial charge >= 0.3 is 11.7 Å². The van der Waals surface area contributed by atoms with Gasteiger partial charge in [-0.25, -0.2) is 9.48 Å². The van der Waals surface area contributed by atoms with Gasteiger partial charge in [0.2, 0.25) is 0 Å². The Kier molecular flexibility index (Phi) is 4.66. The van der Waals surface area contributed by atoms with Crippen LogP contribution in [0.25, 0.3) is 5.65 Å². The SMILES string of the molecule is O=C(O)C1CCC(Nc2cccc(Cn3nc4ccccn4c3=O)c2)CC1. The lowest BCUT2D eigenvalue weighted by Gasteiger charge is -2.27. The van der Waals surface area contributed by atoms with Gasteiger partial charge in [-0.1, -0.05) is 18.2 Å². The molecule has 0 radical (unpaired) electrons. The summed E-state index contributed by atoms with van der Waals surface area (Å²) in [6.07, 6.45) is 4.85. The van der Waals surface area contributed by atoms with Crippen molar-refractivity contribution < 1.29 is 9.90 Å². The number of carboxylic acids is 1. The van der Waals surface area contributed by atoms with Gasteiger partial charge in [-0.05, 0) is 55.5 Å². The highest BCUT2D eigenvalue weighted by molar-refractivity contribution is 5.70. The second-order valence-electron chi connectivity index (χ2n) is 7.10. The number of hydrogen-bond donors (Lipinski definition) is 2. The van der Waals surface area contributed by atoms with Gasteiger partial charge in [-0.2, -0.15) is 0 Å². The minimum absolute atomic E-state index is 0.157. The molecule has 0 amide bonds. The maximum absolute atomic E-state index is 12.4. The molecule has 0 spiro atoms. The first-order valence-corrected chi connectivity index (χ1v) is 9.22. The van der Waals surface area contributed by atoms with Gasteiger partial charge in [0.15, 0.2) is 5.65 Å². The minimum atomic E-state index is -0.687. The predicted octanol–water partition coefficient (Wildman–Crippen LogP) is 2.60. The van der Waals surface area contributed by atoms with Crippen molar-refractivity contribution in [2.24, 2.45) is 5.92 Å². The zero-order chi connectivity index (χ0) is 18.8. The molecule has 2 heterocycles. The lowest BCUT2D eigenvalue weighted by Crippen LogP contribution is -2.29. The number of benzene rings is 1. The van der Waals surface area contributed by atoms with Crippen LogP contribution < -0.4 is 11.0 Å². The molecule has 1 saturated carbocycles. The Balaban J connectivity index is 1.45. The van der Waals surface area contributed by atoms with Crippen LogP contribution in [-0.4, -0.2) is 31.3 Å². The molecule has 3 aromatic rings. The molecule has 1 fully saturated rings. The maximum Gasteiger partial charge on any atom is 0.350 e. The molecule has 0 saturated heterocycles. The van der Waals surface area contributed by atoms with Crippen LogP contribution in [0.1, 0.15) is 31.2 Å². The summed E-state index contributed by atoms with van der Waals surface area (Å²) in [6, 6.07) is 13.7. The first-order chi connectivity index (χ1) is 13.1. The number of nitrogens with one attached hydrogen (secondary N) is 1.